The lowest BCUT2D eigenvalue weighted by atomic mass is 10.1. The van der Waals surface area contributed by atoms with Crippen LogP contribution < -0.4 is 15.8 Å². The molecule has 7 nitrogen and oxygen atoms in total. The summed E-state index contributed by atoms with van der Waals surface area (Å²) in [6, 6.07) is 12.8. The number of aromatic amines is 1. The van der Waals surface area contributed by atoms with Crippen LogP contribution in [0.25, 0.3) is 11.0 Å². The molecule has 0 atom stereocenters. The van der Waals surface area contributed by atoms with Crippen LogP contribution in [0.3, 0.4) is 0 Å². The quantitative estimate of drug-likeness (QED) is 0.634. The van der Waals surface area contributed by atoms with Gasteiger partial charge in [0, 0.05) is 6.54 Å². The fraction of sp³-hybridized carbons (Fsp3) is 0.167. The first-order valence-corrected chi connectivity index (χ1v) is 7.78. The molecule has 0 saturated carbocycles. The number of hydrogen-bond donors (Lipinski definition) is 3. The van der Waals surface area contributed by atoms with Gasteiger partial charge in [0.2, 0.25) is 0 Å². The number of hydrogen-bond acceptors (Lipinski definition) is 4. The number of ether oxygens (including phenoxy) is 1. The predicted molar refractivity (Wildman–Crippen MR) is 93.6 cm³/mol. The first-order valence-electron chi connectivity index (χ1n) is 7.78. The van der Waals surface area contributed by atoms with Gasteiger partial charge in [-0.3, -0.25) is 9.59 Å². The van der Waals surface area contributed by atoms with Gasteiger partial charge in [0.1, 0.15) is 11.3 Å². The van der Waals surface area contributed by atoms with Crippen LogP contribution in [0.15, 0.2) is 42.5 Å². The number of para-hydroxylation sites is 1. The van der Waals surface area contributed by atoms with E-state index in [4.69, 9.17) is 10.5 Å². The third-order valence-electron chi connectivity index (χ3n) is 3.85. The maximum atomic E-state index is 12.4. The van der Waals surface area contributed by atoms with Crippen molar-refractivity contribution < 1.29 is 14.3 Å². The first kappa shape index (κ1) is 16.5. The summed E-state index contributed by atoms with van der Waals surface area (Å²) >= 11 is 0. The molecule has 25 heavy (non-hydrogen) atoms. The Hall–Kier alpha value is -3.35. The maximum Gasteiger partial charge on any atom is 0.284 e. The highest BCUT2D eigenvalue weighted by Crippen LogP contribution is 2.16. The molecule has 3 rings (SSSR count). The van der Waals surface area contributed by atoms with E-state index in [0.29, 0.717) is 29.6 Å². The fourth-order valence-electron chi connectivity index (χ4n) is 2.54. The second-order valence-corrected chi connectivity index (χ2v) is 5.51. The molecule has 128 valence electrons. The number of nitrogens with one attached hydrogen (secondary N) is 2. The van der Waals surface area contributed by atoms with Crippen LogP contribution in [0.1, 0.15) is 26.5 Å². The predicted octanol–water partition coefficient (Wildman–Crippen LogP) is 1.64. The average Bonchev–Trinajstić information content (AvgIpc) is 3.06. The van der Waals surface area contributed by atoms with Crippen molar-refractivity contribution in [1.82, 2.24) is 15.3 Å². The normalized spacial score (nSPS) is 10.6. The van der Waals surface area contributed by atoms with E-state index >= 15 is 0 Å². The third kappa shape index (κ3) is 3.60. The van der Waals surface area contributed by atoms with Crippen molar-refractivity contribution in [1.29, 1.82) is 0 Å². The molecule has 0 saturated heterocycles. The molecule has 7 heteroatoms. The molecule has 2 aromatic carbocycles. The zero-order valence-electron chi connectivity index (χ0n) is 13.7. The number of imidazole rings is 1. The summed E-state index contributed by atoms with van der Waals surface area (Å²) in [7, 11) is 1.62. The van der Waals surface area contributed by atoms with Gasteiger partial charge in [-0.15, -0.1) is 0 Å². The topological polar surface area (TPSA) is 110 Å². The Morgan fingerprint density at radius 2 is 1.96 bits per heavy atom. The number of rotatable bonds is 6. The molecule has 0 fully saturated rings. The summed E-state index contributed by atoms with van der Waals surface area (Å²) in [5.41, 5.74) is 7.74. The summed E-state index contributed by atoms with van der Waals surface area (Å²) in [6.07, 6.45) is 0.693. The number of benzene rings is 2. The third-order valence-corrected chi connectivity index (χ3v) is 3.85. The maximum absolute atomic E-state index is 12.4. The molecule has 0 bridgehead atoms. The summed E-state index contributed by atoms with van der Waals surface area (Å²) in [5.74, 6) is -0.0829. The van der Waals surface area contributed by atoms with Crippen molar-refractivity contribution in [2.45, 2.75) is 6.42 Å². The highest BCUT2D eigenvalue weighted by Gasteiger charge is 2.15. The van der Waals surface area contributed by atoms with E-state index in [0.717, 1.165) is 11.3 Å². The van der Waals surface area contributed by atoms with E-state index in [2.05, 4.69) is 15.3 Å². The number of nitrogens with zero attached hydrogens (tertiary/aromatic N) is 1. The van der Waals surface area contributed by atoms with E-state index in [1.165, 1.54) is 0 Å². The van der Waals surface area contributed by atoms with E-state index in [1.807, 2.05) is 24.3 Å². The van der Waals surface area contributed by atoms with Crippen molar-refractivity contribution in [3.8, 4) is 5.75 Å². The first-order chi connectivity index (χ1) is 12.1. The van der Waals surface area contributed by atoms with Gasteiger partial charge in [0.05, 0.1) is 18.2 Å². The number of nitrogens with two attached hydrogens (primary N) is 1. The molecule has 0 unspecified atom stereocenters. The van der Waals surface area contributed by atoms with Crippen LogP contribution in [-0.4, -0.2) is 35.4 Å². The van der Waals surface area contributed by atoms with Crippen LogP contribution in [0, 0.1) is 0 Å². The van der Waals surface area contributed by atoms with Crippen molar-refractivity contribution >= 4 is 22.8 Å². The molecular formula is C18H18N4O3. The zero-order chi connectivity index (χ0) is 17.8. The zero-order valence-corrected chi connectivity index (χ0v) is 13.7. The van der Waals surface area contributed by atoms with Crippen LogP contribution >= 0.6 is 0 Å². The lowest BCUT2D eigenvalue weighted by Crippen LogP contribution is -2.26. The molecule has 0 aliphatic carbocycles. The molecule has 0 radical (unpaired) electrons. The van der Waals surface area contributed by atoms with Crippen LogP contribution in [-0.2, 0) is 6.42 Å². The number of fused-ring (bicyclic) bond motifs is 1. The van der Waals surface area contributed by atoms with Crippen molar-refractivity contribution in [3.63, 3.8) is 0 Å². The number of carbonyl (C=O) groups is 2. The average molecular weight is 338 g/mol. The van der Waals surface area contributed by atoms with Gasteiger partial charge in [-0.2, -0.15) is 0 Å². The van der Waals surface area contributed by atoms with Crippen molar-refractivity contribution in [3.05, 3.63) is 59.4 Å². The summed E-state index contributed by atoms with van der Waals surface area (Å²) < 4.78 is 5.12. The van der Waals surface area contributed by atoms with Gasteiger partial charge in [-0.05, 0) is 36.2 Å². The van der Waals surface area contributed by atoms with Gasteiger partial charge in [-0.1, -0.05) is 18.2 Å². The smallest absolute Gasteiger partial charge is 0.284 e. The number of amides is 2. The molecule has 0 aliphatic rings. The Kier molecular flexibility index (Phi) is 4.65. The number of aromatic nitrogens is 2. The van der Waals surface area contributed by atoms with E-state index < -0.39 is 5.91 Å². The van der Waals surface area contributed by atoms with Gasteiger partial charge in [0.15, 0.2) is 5.82 Å². The number of H-pyrrole nitrogens is 1. The fourth-order valence-corrected chi connectivity index (χ4v) is 2.54. The van der Waals surface area contributed by atoms with Gasteiger partial charge < -0.3 is 20.8 Å². The number of primary amides is 1. The van der Waals surface area contributed by atoms with Crippen LogP contribution in [0.2, 0.25) is 0 Å². The molecule has 0 spiro atoms. The Morgan fingerprint density at radius 3 is 2.64 bits per heavy atom. The second-order valence-electron chi connectivity index (χ2n) is 5.51. The lowest BCUT2D eigenvalue weighted by Gasteiger charge is -2.07. The minimum absolute atomic E-state index is 0.0356. The molecule has 3 aromatic rings. The Labute approximate surface area is 144 Å². The number of carbonyl (C=O) groups excluding carboxylic acids is 2. The number of methoxy groups -OCH3 is 1. The standard InChI is InChI=1S/C18H18N4O3/c1-25-12-7-5-11(6-8-12)9-10-20-18(24)13-3-2-4-14-15(13)22-17(21-14)16(19)23/h2-8H,9-10H2,1H3,(H2,19,23)(H,20,24)(H,21,22). The Bertz CT molecular complexity index is 916. The monoisotopic (exact) mass is 338 g/mol. The van der Waals surface area contributed by atoms with E-state index in [-0.39, 0.29) is 11.7 Å². The minimum atomic E-state index is -0.665. The highest BCUT2D eigenvalue weighted by molar-refractivity contribution is 6.06. The molecule has 1 aromatic heterocycles. The molecule has 1 heterocycles. The summed E-state index contributed by atoms with van der Waals surface area (Å²) in [4.78, 5) is 30.6. The Balaban J connectivity index is 1.68. The van der Waals surface area contributed by atoms with Crippen LogP contribution in [0.5, 0.6) is 5.75 Å². The molecule has 0 aliphatic heterocycles. The Morgan fingerprint density at radius 1 is 1.20 bits per heavy atom. The summed E-state index contributed by atoms with van der Waals surface area (Å²) in [6.45, 7) is 0.481. The highest BCUT2D eigenvalue weighted by atomic mass is 16.5. The van der Waals surface area contributed by atoms with Gasteiger partial charge in [-0.25, -0.2) is 4.98 Å². The lowest BCUT2D eigenvalue weighted by molar-refractivity contribution is 0.0953. The minimum Gasteiger partial charge on any atom is -0.497 e. The molecular weight excluding hydrogens is 320 g/mol. The molecule has 4 N–H and O–H groups in total. The second kappa shape index (κ2) is 7.04. The van der Waals surface area contributed by atoms with E-state index in [1.54, 1.807) is 25.3 Å². The van der Waals surface area contributed by atoms with Crippen LogP contribution in [0.4, 0.5) is 0 Å². The van der Waals surface area contributed by atoms with Gasteiger partial charge in [0.25, 0.3) is 11.8 Å². The van der Waals surface area contributed by atoms with E-state index in [9.17, 15) is 9.59 Å². The largest absolute Gasteiger partial charge is 0.497 e. The van der Waals surface area contributed by atoms with Gasteiger partial charge >= 0.3 is 0 Å². The SMILES string of the molecule is COc1ccc(CCNC(=O)c2cccc3[nH]c(C(N)=O)nc23)cc1. The summed E-state index contributed by atoms with van der Waals surface area (Å²) in [5, 5.41) is 2.87. The molecule has 2 amide bonds. The van der Waals surface area contributed by atoms with Crippen molar-refractivity contribution in [2.24, 2.45) is 5.73 Å². The van der Waals surface area contributed by atoms with Crippen molar-refractivity contribution in [2.75, 3.05) is 13.7 Å².